The summed E-state index contributed by atoms with van der Waals surface area (Å²) in [6.07, 6.45) is 0. The first-order chi connectivity index (χ1) is 11.0. The Morgan fingerprint density at radius 3 is 2.13 bits per heavy atom. The molecule has 2 aromatic carbocycles. The molecule has 0 radical (unpaired) electrons. The number of hydrogen-bond acceptors (Lipinski definition) is 2. The molecule has 0 aromatic heterocycles. The van der Waals surface area contributed by atoms with Crippen molar-refractivity contribution in [3.05, 3.63) is 60.2 Å². The van der Waals surface area contributed by atoms with Gasteiger partial charge in [0.2, 0.25) is 0 Å². The summed E-state index contributed by atoms with van der Waals surface area (Å²) in [5, 5.41) is 2.66. The second-order valence-corrected chi connectivity index (χ2v) is 5.62. The average Bonchev–Trinajstić information content (AvgIpc) is 2.57. The van der Waals surface area contributed by atoms with E-state index < -0.39 is 11.8 Å². The van der Waals surface area contributed by atoms with Gasteiger partial charge in [-0.2, -0.15) is 0 Å². The molecule has 0 atom stereocenters. The predicted molar refractivity (Wildman–Crippen MR) is 93.6 cm³/mol. The van der Waals surface area contributed by atoms with Crippen LogP contribution in [0.2, 0.25) is 0 Å². The van der Waals surface area contributed by atoms with Gasteiger partial charge in [0, 0.05) is 17.9 Å². The van der Waals surface area contributed by atoms with Crippen molar-refractivity contribution in [3.8, 4) is 0 Å². The molecule has 0 spiro atoms. The summed E-state index contributed by atoms with van der Waals surface area (Å²) in [6, 6.07) is 16.7. The number of carbonyl (C=O) groups is 2. The second kappa shape index (κ2) is 7.58. The Hall–Kier alpha value is -2.62. The number of anilines is 2. The number of hydrogen-bond donors (Lipinski definition) is 1. The van der Waals surface area contributed by atoms with Crippen LogP contribution in [0.3, 0.4) is 0 Å². The highest BCUT2D eigenvalue weighted by Crippen LogP contribution is 2.18. The summed E-state index contributed by atoms with van der Waals surface area (Å²) >= 11 is 0. The maximum atomic E-state index is 12.4. The number of likely N-dealkylation sites (N-methyl/N-ethyl adjacent to an activating group) is 1. The van der Waals surface area contributed by atoms with Crippen LogP contribution >= 0.6 is 0 Å². The number of amides is 2. The number of rotatable bonds is 4. The molecule has 23 heavy (non-hydrogen) atoms. The Labute approximate surface area is 137 Å². The van der Waals surface area contributed by atoms with E-state index in [2.05, 4.69) is 19.2 Å². The maximum absolute atomic E-state index is 12.4. The molecule has 2 aromatic rings. The zero-order valence-corrected chi connectivity index (χ0v) is 13.7. The van der Waals surface area contributed by atoms with Crippen LogP contribution in [0.1, 0.15) is 32.3 Å². The minimum Gasteiger partial charge on any atom is -0.318 e. The molecule has 0 heterocycles. The lowest BCUT2D eigenvalue weighted by Gasteiger charge is -2.20. The fourth-order valence-electron chi connectivity index (χ4n) is 2.31. The molecule has 0 bridgehead atoms. The van der Waals surface area contributed by atoms with Gasteiger partial charge in [-0.05, 0) is 42.7 Å². The number of nitrogens with one attached hydrogen (secondary N) is 1. The average molecular weight is 310 g/mol. The van der Waals surface area contributed by atoms with E-state index in [4.69, 9.17) is 0 Å². The first-order valence-corrected chi connectivity index (χ1v) is 7.80. The standard InChI is InChI=1S/C19H22N2O2/c1-4-21(17-8-6-5-7-9-17)19(23)18(22)20-16-12-10-15(11-13-16)14(2)3/h5-14H,4H2,1-3H3,(H,20,22). The topological polar surface area (TPSA) is 49.4 Å². The fraction of sp³-hybridized carbons (Fsp3) is 0.263. The minimum atomic E-state index is -0.631. The summed E-state index contributed by atoms with van der Waals surface area (Å²) in [6.45, 7) is 6.49. The van der Waals surface area contributed by atoms with Crippen LogP contribution in [0, 0.1) is 0 Å². The van der Waals surface area contributed by atoms with Crippen molar-refractivity contribution in [3.63, 3.8) is 0 Å². The van der Waals surface area contributed by atoms with Gasteiger partial charge >= 0.3 is 11.8 Å². The van der Waals surface area contributed by atoms with E-state index in [1.54, 1.807) is 0 Å². The van der Waals surface area contributed by atoms with Crippen LogP contribution in [-0.4, -0.2) is 18.4 Å². The Kier molecular flexibility index (Phi) is 5.52. The van der Waals surface area contributed by atoms with Crippen molar-refractivity contribution in [2.75, 3.05) is 16.8 Å². The van der Waals surface area contributed by atoms with E-state index in [1.807, 2.05) is 61.5 Å². The molecular formula is C19H22N2O2. The van der Waals surface area contributed by atoms with Crippen molar-refractivity contribution in [2.24, 2.45) is 0 Å². The third-order valence-electron chi connectivity index (χ3n) is 3.66. The molecule has 0 aliphatic carbocycles. The molecule has 0 aliphatic rings. The van der Waals surface area contributed by atoms with Crippen LogP contribution in [0.4, 0.5) is 11.4 Å². The minimum absolute atomic E-state index is 0.426. The molecule has 0 fully saturated rings. The largest absolute Gasteiger partial charge is 0.318 e. The SMILES string of the molecule is CCN(C(=O)C(=O)Nc1ccc(C(C)C)cc1)c1ccccc1. The smallest absolute Gasteiger partial charge is 0.316 e. The van der Waals surface area contributed by atoms with Crippen LogP contribution in [0.15, 0.2) is 54.6 Å². The summed E-state index contributed by atoms with van der Waals surface area (Å²) in [5.41, 5.74) is 2.52. The van der Waals surface area contributed by atoms with Gasteiger partial charge in [-0.15, -0.1) is 0 Å². The molecule has 1 N–H and O–H groups in total. The zero-order valence-electron chi connectivity index (χ0n) is 13.7. The van der Waals surface area contributed by atoms with E-state index in [9.17, 15) is 9.59 Å². The molecule has 0 saturated carbocycles. The maximum Gasteiger partial charge on any atom is 0.316 e. The molecule has 0 aliphatic heterocycles. The Bertz CT molecular complexity index is 664. The van der Waals surface area contributed by atoms with Crippen molar-refractivity contribution >= 4 is 23.2 Å². The highest BCUT2D eigenvalue weighted by Gasteiger charge is 2.21. The van der Waals surface area contributed by atoms with Crippen molar-refractivity contribution in [1.29, 1.82) is 0 Å². The molecule has 2 amide bonds. The summed E-state index contributed by atoms with van der Waals surface area (Å²) in [7, 11) is 0. The van der Waals surface area contributed by atoms with Gasteiger partial charge in [0.15, 0.2) is 0 Å². The molecule has 0 saturated heterocycles. The number of para-hydroxylation sites is 1. The third kappa shape index (κ3) is 4.19. The Morgan fingerprint density at radius 1 is 1.00 bits per heavy atom. The molecule has 120 valence electrons. The van der Waals surface area contributed by atoms with Gasteiger partial charge in [0.1, 0.15) is 0 Å². The van der Waals surface area contributed by atoms with E-state index in [0.717, 1.165) is 0 Å². The van der Waals surface area contributed by atoms with E-state index in [1.165, 1.54) is 10.5 Å². The van der Waals surface area contributed by atoms with Crippen LogP contribution < -0.4 is 10.2 Å². The summed E-state index contributed by atoms with van der Waals surface area (Å²) in [4.78, 5) is 26.0. The van der Waals surface area contributed by atoms with Crippen LogP contribution in [0.25, 0.3) is 0 Å². The summed E-state index contributed by atoms with van der Waals surface area (Å²) in [5.74, 6) is -0.769. The second-order valence-electron chi connectivity index (χ2n) is 5.62. The molecule has 4 heteroatoms. The normalized spacial score (nSPS) is 10.4. The Morgan fingerprint density at radius 2 is 1.61 bits per heavy atom. The van der Waals surface area contributed by atoms with Gasteiger partial charge in [-0.1, -0.05) is 44.2 Å². The van der Waals surface area contributed by atoms with Gasteiger partial charge < -0.3 is 10.2 Å². The lowest BCUT2D eigenvalue weighted by molar-refractivity contribution is -0.134. The van der Waals surface area contributed by atoms with Crippen LogP contribution in [-0.2, 0) is 9.59 Å². The third-order valence-corrected chi connectivity index (χ3v) is 3.66. The lowest BCUT2D eigenvalue weighted by atomic mass is 10.0. The van der Waals surface area contributed by atoms with E-state index in [0.29, 0.717) is 23.8 Å². The Balaban J connectivity index is 2.08. The van der Waals surface area contributed by atoms with Gasteiger partial charge in [0.05, 0.1) is 0 Å². The summed E-state index contributed by atoms with van der Waals surface area (Å²) < 4.78 is 0. The predicted octanol–water partition coefficient (Wildman–Crippen LogP) is 3.80. The number of benzene rings is 2. The highest BCUT2D eigenvalue weighted by molar-refractivity contribution is 6.44. The zero-order chi connectivity index (χ0) is 16.8. The van der Waals surface area contributed by atoms with Crippen molar-refractivity contribution in [2.45, 2.75) is 26.7 Å². The van der Waals surface area contributed by atoms with Crippen LogP contribution in [0.5, 0.6) is 0 Å². The van der Waals surface area contributed by atoms with E-state index in [-0.39, 0.29) is 0 Å². The van der Waals surface area contributed by atoms with Crippen molar-refractivity contribution < 1.29 is 9.59 Å². The van der Waals surface area contributed by atoms with E-state index >= 15 is 0 Å². The van der Waals surface area contributed by atoms with Gasteiger partial charge in [-0.3, -0.25) is 9.59 Å². The first kappa shape index (κ1) is 16.7. The van der Waals surface area contributed by atoms with Crippen molar-refractivity contribution in [1.82, 2.24) is 0 Å². The molecule has 2 rings (SSSR count). The van der Waals surface area contributed by atoms with Gasteiger partial charge in [0.25, 0.3) is 0 Å². The number of carbonyl (C=O) groups excluding carboxylic acids is 2. The number of nitrogens with zero attached hydrogens (tertiary/aromatic N) is 1. The fourth-order valence-corrected chi connectivity index (χ4v) is 2.31. The first-order valence-electron chi connectivity index (χ1n) is 7.80. The quantitative estimate of drug-likeness (QED) is 0.873. The monoisotopic (exact) mass is 310 g/mol. The van der Waals surface area contributed by atoms with Gasteiger partial charge in [-0.25, -0.2) is 0 Å². The highest BCUT2D eigenvalue weighted by atomic mass is 16.2. The lowest BCUT2D eigenvalue weighted by Crippen LogP contribution is -2.39. The molecule has 0 unspecified atom stereocenters. The molecular weight excluding hydrogens is 288 g/mol. The molecule has 4 nitrogen and oxygen atoms in total.